The van der Waals surface area contributed by atoms with Crippen molar-refractivity contribution in [3.8, 4) is 5.75 Å². The first-order chi connectivity index (χ1) is 23.3. The van der Waals surface area contributed by atoms with E-state index in [-0.39, 0.29) is 24.2 Å². The van der Waals surface area contributed by atoms with Crippen molar-refractivity contribution in [2.45, 2.75) is 139 Å². The van der Waals surface area contributed by atoms with Crippen molar-refractivity contribution in [1.29, 1.82) is 0 Å². The average Bonchev–Trinajstić information content (AvgIpc) is 3.09. The maximum atomic E-state index is 15.7. The molecular weight excluding hydrogens is 665 g/mol. The summed E-state index contributed by atoms with van der Waals surface area (Å²) in [5.41, 5.74) is 0.834. The Morgan fingerprint density at radius 1 is 0.755 bits per heavy atom. The Morgan fingerprint density at radius 2 is 1.22 bits per heavy atom. The molecule has 270 valence electrons. The zero-order chi connectivity index (χ0) is 35.2. The maximum Gasteiger partial charge on any atom is 0.439 e. The van der Waals surface area contributed by atoms with Gasteiger partial charge in [-0.05, 0) is 110 Å². The van der Waals surface area contributed by atoms with Crippen molar-refractivity contribution >= 4 is 21.6 Å². The summed E-state index contributed by atoms with van der Waals surface area (Å²) in [7, 11) is -6.26. The summed E-state index contributed by atoms with van der Waals surface area (Å²) in [6.07, 6.45) is 8.74. The molecule has 0 aliphatic heterocycles. The van der Waals surface area contributed by atoms with Gasteiger partial charge in [0, 0.05) is 12.0 Å². The highest BCUT2D eigenvalue weighted by Gasteiger charge is 2.55. The Morgan fingerprint density at radius 3 is 1.67 bits per heavy atom. The maximum absolute atomic E-state index is 15.7. The van der Waals surface area contributed by atoms with E-state index >= 15 is 8.78 Å². The van der Waals surface area contributed by atoms with Crippen LogP contribution in [0.5, 0.6) is 5.75 Å². The molecule has 0 spiro atoms. The van der Waals surface area contributed by atoms with Crippen molar-refractivity contribution in [3.05, 3.63) is 64.2 Å². The summed E-state index contributed by atoms with van der Waals surface area (Å²) >= 11 is 0. The van der Waals surface area contributed by atoms with Gasteiger partial charge in [-0.25, -0.2) is 0 Å². The number of carbonyl (C=O) groups is 1. The molecule has 3 saturated carbocycles. The fourth-order valence-corrected chi connectivity index (χ4v) is 8.47. The predicted octanol–water partition coefficient (Wildman–Crippen LogP) is 10.2. The van der Waals surface area contributed by atoms with Crippen molar-refractivity contribution < 1.29 is 44.2 Å². The van der Waals surface area contributed by atoms with E-state index in [0.717, 1.165) is 113 Å². The first kappa shape index (κ1) is 37.2. The minimum atomic E-state index is -6.26. The number of rotatable bonds is 12. The summed E-state index contributed by atoms with van der Waals surface area (Å²) < 4.78 is 108. The van der Waals surface area contributed by atoms with Crippen LogP contribution in [0, 0.1) is 0 Å². The third-order valence-corrected chi connectivity index (χ3v) is 11.5. The summed E-state index contributed by atoms with van der Waals surface area (Å²) in [5.74, 6) is -1.26. The van der Waals surface area contributed by atoms with Crippen molar-refractivity contribution in [2.24, 2.45) is 5.16 Å². The van der Waals surface area contributed by atoms with Gasteiger partial charge in [0.25, 0.3) is 0 Å². The van der Waals surface area contributed by atoms with E-state index in [1.54, 1.807) is 6.92 Å². The number of carbonyl (C=O) groups excluding carboxylic acids is 1. The van der Waals surface area contributed by atoms with Gasteiger partial charge in [-0.3, -0.25) is 9.08 Å². The van der Waals surface area contributed by atoms with E-state index in [0.29, 0.717) is 11.5 Å². The van der Waals surface area contributed by atoms with Crippen LogP contribution in [0.3, 0.4) is 0 Å². The van der Waals surface area contributed by atoms with Crippen LogP contribution >= 0.6 is 0 Å². The molecule has 0 N–H and O–H groups in total. The van der Waals surface area contributed by atoms with Crippen LogP contribution in [0.4, 0.5) is 22.0 Å². The molecule has 0 atom stereocenters. The summed E-state index contributed by atoms with van der Waals surface area (Å²) in [6.45, 7) is 1.93. The summed E-state index contributed by atoms with van der Waals surface area (Å²) in [6, 6.07) is 8.46. The van der Waals surface area contributed by atoms with Crippen molar-refractivity contribution in [2.75, 3.05) is 6.61 Å². The number of hydrogen-bond acceptors (Lipinski definition) is 6. The van der Waals surface area contributed by atoms with Gasteiger partial charge in [0.15, 0.2) is 5.71 Å². The number of halogens is 5. The molecule has 3 aliphatic carbocycles. The molecule has 49 heavy (non-hydrogen) atoms. The van der Waals surface area contributed by atoms with Crippen LogP contribution in [-0.2, 0) is 25.6 Å². The van der Waals surface area contributed by atoms with Gasteiger partial charge in [0.1, 0.15) is 5.75 Å². The number of Topliss-reactive ketones (excluding diaryl/α,β-unsaturated/α-hetero) is 1. The largest absolute Gasteiger partial charge is 0.494 e. The first-order valence-corrected chi connectivity index (χ1v) is 19.1. The lowest BCUT2D eigenvalue weighted by atomic mass is 9.72. The van der Waals surface area contributed by atoms with E-state index in [1.807, 2.05) is 0 Å². The normalized spacial score (nSPS) is 19.5. The van der Waals surface area contributed by atoms with E-state index in [1.165, 1.54) is 24.1 Å². The van der Waals surface area contributed by atoms with Gasteiger partial charge in [0.05, 0.1) is 6.61 Å². The highest BCUT2D eigenvalue weighted by atomic mass is 32.2. The van der Waals surface area contributed by atoms with Gasteiger partial charge in [-0.1, -0.05) is 75.1 Å². The predicted molar refractivity (Wildman–Crippen MR) is 178 cm³/mol. The van der Waals surface area contributed by atoms with E-state index in [2.05, 4.69) is 21.6 Å². The van der Waals surface area contributed by atoms with Crippen LogP contribution in [0.15, 0.2) is 41.6 Å². The topological polar surface area (TPSA) is 82.0 Å². The monoisotopic (exact) mass is 711 g/mol. The Kier molecular flexibility index (Phi) is 12.1. The number of hydrogen-bond donors (Lipinski definition) is 0. The van der Waals surface area contributed by atoms with Gasteiger partial charge >= 0.3 is 21.5 Å². The number of ketones is 1. The molecule has 0 saturated heterocycles. The molecule has 3 fully saturated rings. The number of nitrogens with zero attached hydrogens (tertiary/aromatic N) is 1. The second-order valence-electron chi connectivity index (χ2n) is 13.7. The van der Waals surface area contributed by atoms with Crippen LogP contribution in [0.2, 0.25) is 0 Å². The Bertz CT molecular complexity index is 1530. The molecular formula is C37H46F5NO5S. The lowest BCUT2D eigenvalue weighted by Crippen LogP contribution is -2.40. The molecule has 0 aromatic heterocycles. The number of alkyl halides is 5. The number of benzene rings is 2. The second kappa shape index (κ2) is 15.9. The molecule has 2 aromatic rings. The van der Waals surface area contributed by atoms with E-state index in [4.69, 9.17) is 4.74 Å². The Hall–Kier alpha value is -3.02. The molecule has 3 aliphatic rings. The lowest BCUT2D eigenvalue weighted by molar-refractivity contribution is -0.133. The molecule has 0 radical (unpaired) electrons. The minimum absolute atomic E-state index is 0.0527. The van der Waals surface area contributed by atoms with Crippen molar-refractivity contribution in [1.82, 2.24) is 0 Å². The molecule has 0 amide bonds. The highest BCUT2D eigenvalue weighted by Crippen LogP contribution is 2.45. The second-order valence-corrected chi connectivity index (χ2v) is 15.3. The number of ether oxygens (including phenoxy) is 1. The third kappa shape index (κ3) is 8.83. The molecule has 5 rings (SSSR count). The third-order valence-electron chi connectivity index (χ3n) is 10.4. The first-order valence-electron chi connectivity index (χ1n) is 17.7. The SMILES string of the molecule is CCOc1ccc(/C(=N/OS(=O)(=O)C(F)(F)C(=O)Cc2c(C3CCCCC3)cc(C3CCCCC3)cc2C2CCCCC2)C(F)(F)F)cc1. The van der Waals surface area contributed by atoms with E-state index < -0.39 is 45.0 Å². The quantitative estimate of drug-likeness (QED) is 0.124. The zero-order valence-corrected chi connectivity index (χ0v) is 28.8. The molecule has 12 heteroatoms. The fraction of sp³-hybridized carbons (Fsp3) is 0.622. The van der Waals surface area contributed by atoms with Gasteiger partial charge in [-0.2, -0.15) is 30.4 Å². The summed E-state index contributed by atoms with van der Waals surface area (Å²) in [5, 5.41) is -2.51. The zero-order valence-electron chi connectivity index (χ0n) is 28.0. The molecule has 2 aromatic carbocycles. The van der Waals surface area contributed by atoms with Gasteiger partial charge in [0.2, 0.25) is 5.78 Å². The average molecular weight is 712 g/mol. The standard InChI is InChI=1S/C37H46F5NO5S/c1-2-47-30-20-18-28(19-21-30)35(36(38,39)40)43-48-49(45,46)37(41,42)34(44)24-33-31(26-14-8-4-9-15-26)22-29(25-12-6-3-7-13-25)23-32(33)27-16-10-5-11-17-27/h18-23,25-27H,2-17,24H2,1H3/b43-35-. The smallest absolute Gasteiger partial charge is 0.439 e. The van der Waals surface area contributed by atoms with Crippen LogP contribution < -0.4 is 4.74 Å². The molecule has 0 heterocycles. The Labute approximate surface area is 285 Å². The van der Waals surface area contributed by atoms with E-state index in [9.17, 15) is 26.4 Å². The lowest BCUT2D eigenvalue weighted by Gasteiger charge is -2.32. The van der Waals surface area contributed by atoms with Crippen LogP contribution in [0.1, 0.15) is 149 Å². The molecule has 0 bridgehead atoms. The van der Waals surface area contributed by atoms with Crippen molar-refractivity contribution in [3.63, 3.8) is 0 Å². The van der Waals surface area contributed by atoms with Crippen LogP contribution in [0.25, 0.3) is 0 Å². The van der Waals surface area contributed by atoms with Gasteiger partial charge in [-0.15, -0.1) is 0 Å². The Balaban J connectivity index is 1.49. The molecule has 6 nitrogen and oxygen atoms in total. The fourth-order valence-electron chi connectivity index (χ4n) is 7.85. The number of oxime groups is 1. The van der Waals surface area contributed by atoms with Gasteiger partial charge < -0.3 is 4.74 Å². The molecule has 0 unspecified atom stereocenters. The summed E-state index contributed by atoms with van der Waals surface area (Å²) in [4.78, 5) is 13.5. The van der Waals surface area contributed by atoms with Crippen LogP contribution in [-0.4, -0.2) is 38.0 Å². The highest BCUT2D eigenvalue weighted by molar-refractivity contribution is 7.88. The minimum Gasteiger partial charge on any atom is -0.494 e.